The zero-order valence-electron chi connectivity index (χ0n) is 24.1. The van der Waals surface area contributed by atoms with E-state index in [4.69, 9.17) is 35.9 Å². The molecule has 224 valence electrons. The van der Waals surface area contributed by atoms with E-state index >= 15 is 0 Å². The Bertz CT molecular complexity index is 1630. The van der Waals surface area contributed by atoms with E-state index in [0.717, 1.165) is 21.2 Å². The highest BCUT2D eigenvalue weighted by molar-refractivity contribution is 9.10. The Morgan fingerprint density at radius 3 is 2.60 bits per heavy atom. The predicted molar refractivity (Wildman–Crippen MR) is 173 cm³/mol. The molecule has 0 saturated heterocycles. The molecule has 0 spiro atoms. The molecule has 1 aromatic heterocycles. The second kappa shape index (κ2) is 14.3. The number of benzene rings is 3. The molecule has 0 saturated carbocycles. The molecule has 3 aromatic carbocycles. The van der Waals surface area contributed by atoms with E-state index in [1.54, 1.807) is 4.68 Å². The molecule has 1 N–H and O–H groups in total. The van der Waals surface area contributed by atoms with E-state index in [2.05, 4.69) is 21.2 Å². The van der Waals surface area contributed by atoms with Crippen LogP contribution in [0, 0.1) is 0 Å². The summed E-state index contributed by atoms with van der Waals surface area (Å²) in [7, 11) is 0. The number of allylic oxidation sites excluding steroid dienone is 1. The summed E-state index contributed by atoms with van der Waals surface area (Å²) >= 11 is 11.3. The average Bonchev–Trinajstić information content (AvgIpc) is 3.41. The lowest BCUT2D eigenvalue weighted by atomic mass is 9.95. The Balaban J connectivity index is 1.48. The van der Waals surface area contributed by atoms with E-state index in [1.807, 2.05) is 87.5 Å². The van der Waals surface area contributed by atoms with E-state index < -0.39 is 12.0 Å². The smallest absolute Gasteiger partial charge is 0.338 e. The minimum atomic E-state index is -0.595. The van der Waals surface area contributed by atoms with Gasteiger partial charge >= 0.3 is 5.97 Å². The number of hydrogen-bond donors (Lipinski definition) is 1. The normalized spacial score (nSPS) is 14.2. The first-order valence-electron chi connectivity index (χ1n) is 14.0. The maximum Gasteiger partial charge on any atom is 0.338 e. The van der Waals surface area contributed by atoms with Crippen LogP contribution in [0.1, 0.15) is 49.9 Å². The minimum absolute atomic E-state index is 0.318. The van der Waals surface area contributed by atoms with Crippen molar-refractivity contribution in [1.82, 2.24) is 14.8 Å². The highest BCUT2D eigenvalue weighted by Crippen LogP contribution is 2.40. The molecule has 0 bridgehead atoms. The quantitative estimate of drug-likeness (QED) is 0.118. The molecule has 8 nitrogen and oxygen atoms in total. The molecular weight excluding hydrogens is 652 g/mol. The van der Waals surface area contributed by atoms with Crippen LogP contribution in [-0.2, 0) is 21.9 Å². The van der Waals surface area contributed by atoms with Crippen molar-refractivity contribution in [3.05, 3.63) is 104 Å². The average molecular weight is 684 g/mol. The summed E-state index contributed by atoms with van der Waals surface area (Å²) in [6, 6.07) is 20.8. The molecule has 1 aliphatic heterocycles. The van der Waals surface area contributed by atoms with Crippen molar-refractivity contribution >= 4 is 51.2 Å². The largest absolute Gasteiger partial charge is 0.490 e. The van der Waals surface area contributed by atoms with Gasteiger partial charge in [0, 0.05) is 20.9 Å². The van der Waals surface area contributed by atoms with E-state index in [0.29, 0.717) is 70.9 Å². The SMILES string of the molecule is CCCOC(=O)C1=C(C)Nc2nc(SCc3ccccc3Cl)nn2C1c1ccc(OCc2ccc(Br)cc2)c(OCC)c1. The van der Waals surface area contributed by atoms with Crippen molar-refractivity contribution in [3.8, 4) is 11.5 Å². The van der Waals surface area contributed by atoms with Crippen LogP contribution in [-0.4, -0.2) is 33.9 Å². The molecule has 1 atom stereocenters. The number of carbonyl (C=O) groups is 1. The van der Waals surface area contributed by atoms with Gasteiger partial charge < -0.3 is 19.5 Å². The predicted octanol–water partition coefficient (Wildman–Crippen LogP) is 8.21. The molecule has 1 unspecified atom stereocenters. The summed E-state index contributed by atoms with van der Waals surface area (Å²) in [4.78, 5) is 18.2. The first kappa shape index (κ1) is 31.0. The molecule has 1 aliphatic rings. The van der Waals surface area contributed by atoms with Gasteiger partial charge in [-0.3, -0.25) is 0 Å². The van der Waals surface area contributed by atoms with Crippen molar-refractivity contribution in [1.29, 1.82) is 0 Å². The topological polar surface area (TPSA) is 87.5 Å². The maximum absolute atomic E-state index is 13.4. The van der Waals surface area contributed by atoms with Crippen LogP contribution < -0.4 is 14.8 Å². The number of carbonyl (C=O) groups excluding carboxylic acids is 1. The summed E-state index contributed by atoms with van der Waals surface area (Å²) in [6.07, 6.45) is 0.715. The summed E-state index contributed by atoms with van der Waals surface area (Å²) in [6.45, 7) is 6.88. The Kier molecular flexibility index (Phi) is 10.3. The fourth-order valence-electron chi connectivity index (χ4n) is 4.62. The van der Waals surface area contributed by atoms with Crippen LogP contribution in [0.5, 0.6) is 11.5 Å². The monoisotopic (exact) mass is 682 g/mol. The number of halogens is 2. The van der Waals surface area contributed by atoms with Gasteiger partial charge in [0.25, 0.3) is 0 Å². The van der Waals surface area contributed by atoms with Gasteiger partial charge in [-0.05, 0) is 67.3 Å². The van der Waals surface area contributed by atoms with Gasteiger partial charge in [0.15, 0.2) is 11.5 Å². The highest BCUT2D eigenvalue weighted by atomic mass is 79.9. The number of hydrogen-bond acceptors (Lipinski definition) is 8. The number of fused-ring (bicyclic) bond motifs is 1. The first-order valence-corrected chi connectivity index (χ1v) is 16.1. The van der Waals surface area contributed by atoms with E-state index in [9.17, 15) is 4.79 Å². The van der Waals surface area contributed by atoms with Gasteiger partial charge in [-0.2, -0.15) is 4.98 Å². The fraction of sp³-hybridized carbons (Fsp3) is 0.281. The van der Waals surface area contributed by atoms with Crippen LogP contribution in [0.15, 0.2) is 87.6 Å². The van der Waals surface area contributed by atoms with Gasteiger partial charge in [-0.1, -0.05) is 82.6 Å². The fourth-order valence-corrected chi connectivity index (χ4v) is 6.00. The second-order valence-corrected chi connectivity index (χ2v) is 12.1. The minimum Gasteiger partial charge on any atom is -0.490 e. The molecule has 0 amide bonds. The van der Waals surface area contributed by atoms with Crippen molar-refractivity contribution < 1.29 is 19.0 Å². The molecule has 5 rings (SSSR count). The van der Waals surface area contributed by atoms with Crippen molar-refractivity contribution in [2.24, 2.45) is 0 Å². The van der Waals surface area contributed by atoms with Gasteiger partial charge in [0.1, 0.15) is 12.6 Å². The number of ether oxygens (including phenoxy) is 3. The van der Waals surface area contributed by atoms with Gasteiger partial charge in [0.2, 0.25) is 11.1 Å². The molecule has 2 heterocycles. The third-order valence-electron chi connectivity index (χ3n) is 6.70. The Labute approximate surface area is 268 Å². The molecule has 43 heavy (non-hydrogen) atoms. The van der Waals surface area contributed by atoms with Crippen LogP contribution in [0.4, 0.5) is 5.95 Å². The van der Waals surface area contributed by atoms with Gasteiger partial charge in [-0.15, -0.1) is 5.10 Å². The molecule has 0 aliphatic carbocycles. The lowest BCUT2D eigenvalue weighted by Gasteiger charge is -2.28. The molecule has 11 heteroatoms. The van der Waals surface area contributed by atoms with Crippen LogP contribution in [0.25, 0.3) is 0 Å². The first-order chi connectivity index (χ1) is 20.9. The lowest BCUT2D eigenvalue weighted by molar-refractivity contribution is -0.139. The number of rotatable bonds is 12. The van der Waals surface area contributed by atoms with E-state index in [-0.39, 0.29) is 0 Å². The van der Waals surface area contributed by atoms with Crippen molar-refractivity contribution in [3.63, 3.8) is 0 Å². The molecular formula is C32H32BrClN4O4S. The number of esters is 1. The summed E-state index contributed by atoms with van der Waals surface area (Å²) < 4.78 is 20.5. The molecule has 4 aromatic rings. The molecule has 0 radical (unpaired) electrons. The zero-order valence-corrected chi connectivity index (χ0v) is 27.3. The Hall–Kier alpha value is -3.47. The summed E-state index contributed by atoms with van der Waals surface area (Å²) in [5, 5.41) is 9.34. The number of nitrogens with one attached hydrogen (secondary N) is 1. The second-order valence-electron chi connectivity index (χ2n) is 9.80. The zero-order chi connectivity index (χ0) is 30.3. The van der Waals surface area contributed by atoms with Crippen LogP contribution in [0.2, 0.25) is 5.02 Å². The van der Waals surface area contributed by atoms with E-state index in [1.165, 1.54) is 11.8 Å². The lowest BCUT2D eigenvalue weighted by Crippen LogP contribution is -2.29. The third-order valence-corrected chi connectivity index (χ3v) is 8.48. The highest BCUT2D eigenvalue weighted by Gasteiger charge is 2.36. The standard InChI is InChI=1S/C32H32BrClN4O4S/c1-4-16-41-30(39)28-20(3)35-31-36-32(43-19-23-8-6-7-9-25(23)34)37-38(31)29(28)22-12-15-26(27(17-22)40-5-2)42-18-21-10-13-24(33)14-11-21/h6-15,17,29H,4-5,16,18-19H2,1-3H3,(H,35,36,37). The number of thioether (sulfide) groups is 1. The van der Waals surface area contributed by atoms with Crippen molar-refractivity contribution in [2.45, 2.75) is 50.8 Å². The summed E-state index contributed by atoms with van der Waals surface area (Å²) in [5.41, 5.74) is 3.92. The van der Waals surface area contributed by atoms with Gasteiger partial charge in [0.05, 0.1) is 18.8 Å². The number of nitrogens with zero attached hydrogens (tertiary/aromatic N) is 3. The van der Waals surface area contributed by atoms with Crippen molar-refractivity contribution in [2.75, 3.05) is 18.5 Å². The van der Waals surface area contributed by atoms with Gasteiger partial charge in [-0.25, -0.2) is 9.48 Å². The third kappa shape index (κ3) is 7.37. The van der Waals surface area contributed by atoms with Crippen LogP contribution in [0.3, 0.4) is 0 Å². The maximum atomic E-state index is 13.4. The Morgan fingerprint density at radius 2 is 1.86 bits per heavy atom. The number of anilines is 1. The van der Waals surface area contributed by atoms with Crippen LogP contribution >= 0.6 is 39.3 Å². The molecule has 0 fully saturated rings. The number of aromatic nitrogens is 3. The Morgan fingerprint density at radius 1 is 1.07 bits per heavy atom. The summed E-state index contributed by atoms with van der Waals surface area (Å²) in [5.74, 6) is 1.91.